The maximum Gasteiger partial charge on any atom is 0.254 e. The second-order valence-electron chi connectivity index (χ2n) is 5.60. The number of carbonyl (C=O) groups excluding carboxylic acids is 1. The van der Waals surface area contributed by atoms with Crippen LogP contribution in [0.15, 0.2) is 49.1 Å². The standard InChI is InChI=1S/C17H16N4O2/c22-17(13-1-2-15-12(9-13)3-5-19-15)21-8-4-14(11-21)23-16-10-18-6-7-20-16/h1-3,5-7,9-10,14,19H,4,8,11H2/t14-/m1/s1. The molecule has 0 bridgehead atoms. The maximum absolute atomic E-state index is 12.6. The van der Waals surface area contributed by atoms with Gasteiger partial charge in [-0.05, 0) is 24.3 Å². The lowest BCUT2D eigenvalue weighted by atomic mass is 10.1. The van der Waals surface area contributed by atoms with Crippen molar-refractivity contribution >= 4 is 16.8 Å². The van der Waals surface area contributed by atoms with E-state index < -0.39 is 0 Å². The quantitative estimate of drug-likeness (QED) is 0.805. The topological polar surface area (TPSA) is 71.1 Å². The van der Waals surface area contributed by atoms with Gasteiger partial charge in [0.2, 0.25) is 5.88 Å². The highest BCUT2D eigenvalue weighted by atomic mass is 16.5. The Labute approximate surface area is 133 Å². The Bertz CT molecular complexity index is 831. The summed E-state index contributed by atoms with van der Waals surface area (Å²) >= 11 is 0. The second-order valence-corrected chi connectivity index (χ2v) is 5.60. The van der Waals surface area contributed by atoms with E-state index in [1.54, 1.807) is 18.6 Å². The van der Waals surface area contributed by atoms with Gasteiger partial charge in [0, 0.05) is 48.0 Å². The van der Waals surface area contributed by atoms with Crippen molar-refractivity contribution in [1.29, 1.82) is 0 Å². The van der Waals surface area contributed by atoms with Crippen LogP contribution in [0.1, 0.15) is 16.8 Å². The van der Waals surface area contributed by atoms with Crippen molar-refractivity contribution in [3.05, 3.63) is 54.6 Å². The van der Waals surface area contributed by atoms with E-state index in [9.17, 15) is 4.79 Å². The SMILES string of the molecule is O=C(c1ccc2[nH]ccc2c1)N1CC[C@@H](Oc2cnccn2)C1. The fourth-order valence-electron chi connectivity index (χ4n) is 2.89. The Hall–Kier alpha value is -2.89. The number of hydrogen-bond donors (Lipinski definition) is 1. The Morgan fingerprint density at radius 3 is 3.13 bits per heavy atom. The Kier molecular flexibility index (Phi) is 3.42. The van der Waals surface area contributed by atoms with E-state index in [0.717, 1.165) is 17.3 Å². The smallest absolute Gasteiger partial charge is 0.254 e. The highest BCUT2D eigenvalue weighted by Gasteiger charge is 2.28. The third kappa shape index (κ3) is 2.75. The van der Waals surface area contributed by atoms with E-state index >= 15 is 0 Å². The molecular weight excluding hydrogens is 292 g/mol. The fraction of sp³-hybridized carbons (Fsp3) is 0.235. The van der Waals surface area contributed by atoms with E-state index in [1.807, 2.05) is 35.4 Å². The average Bonchev–Trinajstić information content (AvgIpc) is 3.23. The van der Waals surface area contributed by atoms with Crippen LogP contribution in [0.25, 0.3) is 10.9 Å². The number of ether oxygens (including phenoxy) is 1. The zero-order chi connectivity index (χ0) is 15.6. The first-order chi connectivity index (χ1) is 11.3. The van der Waals surface area contributed by atoms with E-state index in [2.05, 4.69) is 15.0 Å². The van der Waals surface area contributed by atoms with Crippen LogP contribution in [-0.4, -0.2) is 45.0 Å². The van der Waals surface area contributed by atoms with Crippen molar-refractivity contribution in [3.63, 3.8) is 0 Å². The minimum Gasteiger partial charge on any atom is -0.471 e. The summed E-state index contributed by atoms with van der Waals surface area (Å²) in [5.41, 5.74) is 1.74. The van der Waals surface area contributed by atoms with Crippen LogP contribution >= 0.6 is 0 Å². The van der Waals surface area contributed by atoms with Crippen LogP contribution in [0, 0.1) is 0 Å². The van der Waals surface area contributed by atoms with Crippen molar-refractivity contribution in [2.24, 2.45) is 0 Å². The molecule has 3 aromatic rings. The van der Waals surface area contributed by atoms with Gasteiger partial charge in [-0.3, -0.25) is 9.78 Å². The summed E-state index contributed by atoms with van der Waals surface area (Å²) in [6.45, 7) is 1.26. The van der Waals surface area contributed by atoms with Crippen molar-refractivity contribution in [2.45, 2.75) is 12.5 Å². The molecule has 0 saturated carbocycles. The van der Waals surface area contributed by atoms with Crippen molar-refractivity contribution in [1.82, 2.24) is 19.9 Å². The molecule has 1 aromatic carbocycles. The Morgan fingerprint density at radius 1 is 1.30 bits per heavy atom. The summed E-state index contributed by atoms with van der Waals surface area (Å²) in [4.78, 5) is 25.7. The normalized spacial score (nSPS) is 17.6. The summed E-state index contributed by atoms with van der Waals surface area (Å²) in [5, 5.41) is 1.04. The van der Waals surface area contributed by atoms with E-state index in [-0.39, 0.29) is 12.0 Å². The molecule has 6 heteroatoms. The third-order valence-electron chi connectivity index (χ3n) is 4.06. The van der Waals surface area contributed by atoms with Crippen LogP contribution in [0.3, 0.4) is 0 Å². The molecule has 116 valence electrons. The first kappa shape index (κ1) is 13.8. The molecule has 1 atom stereocenters. The molecule has 1 aliphatic rings. The second kappa shape index (κ2) is 5.72. The molecule has 1 amide bonds. The molecule has 3 heterocycles. The van der Waals surface area contributed by atoms with Gasteiger partial charge in [0.1, 0.15) is 6.10 Å². The molecule has 6 nitrogen and oxygen atoms in total. The Morgan fingerprint density at radius 2 is 2.26 bits per heavy atom. The molecule has 0 spiro atoms. The minimum atomic E-state index is -0.0355. The van der Waals surface area contributed by atoms with Gasteiger partial charge in [-0.25, -0.2) is 4.98 Å². The van der Waals surface area contributed by atoms with Crippen molar-refractivity contribution in [3.8, 4) is 5.88 Å². The lowest BCUT2D eigenvalue weighted by molar-refractivity contribution is 0.0771. The third-order valence-corrected chi connectivity index (χ3v) is 4.06. The van der Waals surface area contributed by atoms with Gasteiger partial charge in [-0.1, -0.05) is 0 Å². The van der Waals surface area contributed by atoms with Crippen LogP contribution in [0.2, 0.25) is 0 Å². The number of fused-ring (bicyclic) bond motifs is 1. The first-order valence-corrected chi connectivity index (χ1v) is 7.59. The molecule has 1 saturated heterocycles. The molecule has 0 radical (unpaired) electrons. The van der Waals surface area contributed by atoms with Crippen LogP contribution in [0.5, 0.6) is 5.88 Å². The number of aromatic nitrogens is 3. The summed E-state index contributed by atoms with van der Waals surface area (Å²) in [7, 11) is 0. The van der Waals surface area contributed by atoms with Gasteiger partial charge in [0.15, 0.2) is 0 Å². The first-order valence-electron chi connectivity index (χ1n) is 7.59. The van der Waals surface area contributed by atoms with Gasteiger partial charge in [-0.2, -0.15) is 0 Å². The highest BCUT2D eigenvalue weighted by Crippen LogP contribution is 2.20. The lowest BCUT2D eigenvalue weighted by Crippen LogP contribution is -2.31. The minimum absolute atomic E-state index is 0.0355. The van der Waals surface area contributed by atoms with Crippen LogP contribution in [0.4, 0.5) is 0 Å². The number of rotatable bonds is 3. The number of aromatic amines is 1. The number of carbonyl (C=O) groups is 1. The molecular formula is C17H16N4O2. The molecule has 1 N–H and O–H groups in total. The lowest BCUT2D eigenvalue weighted by Gasteiger charge is -2.17. The van der Waals surface area contributed by atoms with Gasteiger partial charge in [0.05, 0.1) is 12.7 Å². The van der Waals surface area contributed by atoms with Crippen LogP contribution in [-0.2, 0) is 0 Å². The molecule has 23 heavy (non-hydrogen) atoms. The molecule has 4 rings (SSSR count). The van der Waals surface area contributed by atoms with E-state index in [4.69, 9.17) is 4.74 Å². The van der Waals surface area contributed by atoms with Gasteiger partial charge >= 0.3 is 0 Å². The van der Waals surface area contributed by atoms with Gasteiger partial charge < -0.3 is 14.6 Å². The molecule has 1 aliphatic heterocycles. The average molecular weight is 308 g/mol. The molecule has 0 aliphatic carbocycles. The zero-order valence-corrected chi connectivity index (χ0v) is 12.5. The number of benzene rings is 1. The monoisotopic (exact) mass is 308 g/mol. The molecule has 0 unspecified atom stereocenters. The summed E-state index contributed by atoms with van der Waals surface area (Å²) in [5.74, 6) is 0.541. The Balaban J connectivity index is 1.45. The predicted octanol–water partition coefficient (Wildman–Crippen LogP) is 2.25. The van der Waals surface area contributed by atoms with E-state index in [1.165, 1.54) is 0 Å². The summed E-state index contributed by atoms with van der Waals surface area (Å²) in [6, 6.07) is 7.69. The summed E-state index contributed by atoms with van der Waals surface area (Å²) in [6.07, 6.45) is 7.43. The number of nitrogens with zero attached hydrogens (tertiary/aromatic N) is 3. The number of nitrogens with one attached hydrogen (secondary N) is 1. The molecule has 2 aromatic heterocycles. The van der Waals surface area contributed by atoms with Crippen molar-refractivity contribution in [2.75, 3.05) is 13.1 Å². The largest absolute Gasteiger partial charge is 0.471 e. The maximum atomic E-state index is 12.6. The van der Waals surface area contributed by atoms with Crippen molar-refractivity contribution < 1.29 is 9.53 Å². The number of amides is 1. The van der Waals surface area contributed by atoms with Crippen LogP contribution < -0.4 is 4.74 Å². The van der Waals surface area contributed by atoms with Gasteiger partial charge in [0.25, 0.3) is 5.91 Å². The fourth-order valence-corrected chi connectivity index (χ4v) is 2.89. The summed E-state index contributed by atoms with van der Waals surface area (Å²) < 4.78 is 5.78. The zero-order valence-electron chi connectivity index (χ0n) is 12.5. The predicted molar refractivity (Wildman–Crippen MR) is 85.3 cm³/mol. The number of likely N-dealkylation sites (tertiary alicyclic amines) is 1. The highest BCUT2D eigenvalue weighted by molar-refractivity contribution is 5.98. The molecule has 1 fully saturated rings. The number of H-pyrrole nitrogens is 1. The van der Waals surface area contributed by atoms with Gasteiger partial charge in [-0.15, -0.1) is 0 Å². The van der Waals surface area contributed by atoms with E-state index in [0.29, 0.717) is 24.5 Å². The number of hydrogen-bond acceptors (Lipinski definition) is 4.